The standard InChI is InChI=1S/C21H27N3O6/c22-11-14(10-13-4-6-15(7-5-13)24-8-2-1-3-9-24)20(28)23-12-16-17(25)18(26)19(27)21(29)30-16/h4-7,10,16-19,21,25-27,29H,1-3,8-9,12H2,(H,23,28)/b14-10+/t16-,17-,18+,19-,21?/m1/s1. The van der Waals surface area contributed by atoms with E-state index in [4.69, 9.17) is 4.74 Å². The molecule has 1 aromatic rings. The van der Waals surface area contributed by atoms with Crippen molar-refractivity contribution in [2.45, 2.75) is 50.0 Å². The van der Waals surface area contributed by atoms with E-state index >= 15 is 0 Å². The molecule has 1 aromatic carbocycles. The number of nitriles is 1. The fourth-order valence-corrected chi connectivity index (χ4v) is 3.64. The molecule has 0 spiro atoms. The molecular weight excluding hydrogens is 390 g/mol. The van der Waals surface area contributed by atoms with Crippen LogP contribution < -0.4 is 10.2 Å². The Morgan fingerprint density at radius 3 is 2.40 bits per heavy atom. The minimum atomic E-state index is -1.69. The molecule has 5 atom stereocenters. The average molecular weight is 417 g/mol. The molecule has 0 aliphatic carbocycles. The molecule has 9 nitrogen and oxygen atoms in total. The molecule has 2 aliphatic rings. The van der Waals surface area contributed by atoms with Crippen molar-refractivity contribution in [2.24, 2.45) is 0 Å². The third-order valence-electron chi connectivity index (χ3n) is 5.44. The van der Waals surface area contributed by atoms with Gasteiger partial charge in [0.15, 0.2) is 6.29 Å². The number of nitrogens with zero attached hydrogens (tertiary/aromatic N) is 2. The van der Waals surface area contributed by atoms with Crippen LogP contribution in [-0.2, 0) is 9.53 Å². The van der Waals surface area contributed by atoms with E-state index in [2.05, 4.69) is 10.2 Å². The molecule has 162 valence electrons. The lowest BCUT2D eigenvalue weighted by molar-refractivity contribution is -0.280. The number of hydrogen-bond acceptors (Lipinski definition) is 8. The summed E-state index contributed by atoms with van der Waals surface area (Å²) >= 11 is 0. The van der Waals surface area contributed by atoms with Crippen molar-refractivity contribution in [2.75, 3.05) is 24.5 Å². The summed E-state index contributed by atoms with van der Waals surface area (Å²) in [5.74, 6) is -0.677. The van der Waals surface area contributed by atoms with Crippen LogP contribution >= 0.6 is 0 Å². The number of amides is 1. The number of aliphatic hydroxyl groups excluding tert-OH is 4. The Morgan fingerprint density at radius 2 is 1.77 bits per heavy atom. The van der Waals surface area contributed by atoms with Crippen molar-refractivity contribution in [1.29, 1.82) is 5.26 Å². The van der Waals surface area contributed by atoms with Gasteiger partial charge < -0.3 is 35.4 Å². The zero-order valence-corrected chi connectivity index (χ0v) is 16.5. The van der Waals surface area contributed by atoms with Crippen molar-refractivity contribution in [3.8, 4) is 6.07 Å². The monoisotopic (exact) mass is 417 g/mol. The highest BCUT2D eigenvalue weighted by molar-refractivity contribution is 6.01. The number of rotatable bonds is 5. The van der Waals surface area contributed by atoms with Gasteiger partial charge in [-0.1, -0.05) is 12.1 Å². The third-order valence-corrected chi connectivity index (χ3v) is 5.44. The second-order valence-corrected chi connectivity index (χ2v) is 7.56. The molecule has 30 heavy (non-hydrogen) atoms. The van der Waals surface area contributed by atoms with E-state index in [1.807, 2.05) is 30.3 Å². The van der Waals surface area contributed by atoms with Gasteiger partial charge in [0, 0.05) is 25.3 Å². The first-order valence-electron chi connectivity index (χ1n) is 10.0. The molecule has 2 aliphatic heterocycles. The maximum Gasteiger partial charge on any atom is 0.262 e. The number of benzene rings is 1. The Balaban J connectivity index is 1.60. The average Bonchev–Trinajstić information content (AvgIpc) is 2.78. The molecule has 2 saturated heterocycles. The Labute approximate surface area is 174 Å². The van der Waals surface area contributed by atoms with Crippen LogP contribution in [0.3, 0.4) is 0 Å². The normalized spacial score (nSPS) is 29.9. The van der Waals surface area contributed by atoms with Crippen LogP contribution in [0.25, 0.3) is 6.08 Å². The van der Waals surface area contributed by atoms with Crippen LogP contribution in [0.2, 0.25) is 0 Å². The van der Waals surface area contributed by atoms with Crippen LogP contribution in [0.4, 0.5) is 5.69 Å². The zero-order chi connectivity index (χ0) is 21.7. The van der Waals surface area contributed by atoms with E-state index in [9.17, 15) is 30.5 Å². The Kier molecular flexibility index (Phi) is 7.42. The van der Waals surface area contributed by atoms with Gasteiger partial charge >= 0.3 is 0 Å². The van der Waals surface area contributed by atoms with Crippen LogP contribution in [0, 0.1) is 11.3 Å². The van der Waals surface area contributed by atoms with Crippen LogP contribution in [0.5, 0.6) is 0 Å². The fourth-order valence-electron chi connectivity index (χ4n) is 3.64. The lowest BCUT2D eigenvalue weighted by Crippen LogP contribution is -2.60. The first kappa shape index (κ1) is 22.2. The van der Waals surface area contributed by atoms with Crippen molar-refractivity contribution < 1.29 is 30.0 Å². The largest absolute Gasteiger partial charge is 0.388 e. The van der Waals surface area contributed by atoms with Crippen molar-refractivity contribution in [1.82, 2.24) is 5.32 Å². The van der Waals surface area contributed by atoms with Crippen LogP contribution in [-0.4, -0.2) is 76.7 Å². The minimum absolute atomic E-state index is 0.132. The highest BCUT2D eigenvalue weighted by atomic mass is 16.6. The first-order valence-corrected chi connectivity index (χ1v) is 10.0. The summed E-state index contributed by atoms with van der Waals surface area (Å²) < 4.78 is 5.01. The van der Waals surface area contributed by atoms with Gasteiger partial charge in [-0.25, -0.2) is 0 Å². The molecule has 1 amide bonds. The molecule has 0 saturated carbocycles. The smallest absolute Gasteiger partial charge is 0.262 e. The summed E-state index contributed by atoms with van der Waals surface area (Å²) in [6.07, 6.45) is -2.52. The summed E-state index contributed by atoms with van der Waals surface area (Å²) in [6.45, 7) is 1.79. The van der Waals surface area contributed by atoms with E-state index in [1.165, 1.54) is 25.3 Å². The Hall–Kier alpha value is -2.48. The summed E-state index contributed by atoms with van der Waals surface area (Å²) in [6, 6.07) is 9.46. The van der Waals surface area contributed by atoms with Crippen LogP contribution in [0.15, 0.2) is 29.8 Å². The van der Waals surface area contributed by atoms with E-state index in [-0.39, 0.29) is 12.1 Å². The predicted octanol–water partition coefficient (Wildman–Crippen LogP) is -0.500. The highest BCUT2D eigenvalue weighted by Gasteiger charge is 2.42. The van der Waals surface area contributed by atoms with Gasteiger partial charge in [0.25, 0.3) is 5.91 Å². The topological polar surface area (TPSA) is 146 Å². The highest BCUT2D eigenvalue weighted by Crippen LogP contribution is 2.22. The minimum Gasteiger partial charge on any atom is -0.388 e. The molecule has 0 aromatic heterocycles. The summed E-state index contributed by atoms with van der Waals surface area (Å²) in [5, 5.41) is 50.4. The summed E-state index contributed by atoms with van der Waals surface area (Å²) in [7, 11) is 0. The summed E-state index contributed by atoms with van der Waals surface area (Å²) in [5.41, 5.74) is 1.68. The number of hydrogen-bond donors (Lipinski definition) is 5. The predicted molar refractivity (Wildman–Crippen MR) is 108 cm³/mol. The second kappa shape index (κ2) is 10.0. The number of aliphatic hydroxyl groups is 4. The Morgan fingerprint density at radius 1 is 1.10 bits per heavy atom. The molecular formula is C21H27N3O6. The number of carbonyl (C=O) groups excluding carboxylic acids is 1. The molecule has 5 N–H and O–H groups in total. The maximum atomic E-state index is 12.3. The van der Waals surface area contributed by atoms with Crippen LogP contribution in [0.1, 0.15) is 24.8 Å². The molecule has 3 rings (SSSR count). The number of piperidine rings is 1. The van der Waals surface area contributed by atoms with Crippen molar-refractivity contribution >= 4 is 17.7 Å². The number of nitrogens with one attached hydrogen (secondary N) is 1. The van der Waals surface area contributed by atoms with E-state index in [1.54, 1.807) is 0 Å². The number of carbonyl (C=O) groups is 1. The SMILES string of the molecule is N#C/C(=C\c1ccc(N2CCCCC2)cc1)C(=O)NC[C@H]1OC(O)[C@H](O)[C@@H](O)[C@@H]1O. The van der Waals surface area contributed by atoms with Crippen molar-refractivity contribution in [3.05, 3.63) is 35.4 Å². The zero-order valence-electron chi connectivity index (χ0n) is 16.5. The molecule has 2 fully saturated rings. The first-order chi connectivity index (χ1) is 14.4. The van der Waals surface area contributed by atoms with Gasteiger partial charge in [-0.15, -0.1) is 0 Å². The second-order valence-electron chi connectivity index (χ2n) is 7.56. The lowest BCUT2D eigenvalue weighted by Gasteiger charge is -2.38. The Bertz CT molecular complexity index is 800. The molecule has 0 radical (unpaired) electrons. The van der Waals surface area contributed by atoms with E-state index < -0.39 is 36.6 Å². The van der Waals surface area contributed by atoms with Crippen molar-refractivity contribution in [3.63, 3.8) is 0 Å². The van der Waals surface area contributed by atoms with E-state index in [0.29, 0.717) is 5.56 Å². The van der Waals surface area contributed by atoms with Gasteiger partial charge in [0.1, 0.15) is 36.1 Å². The fraction of sp³-hybridized carbons (Fsp3) is 0.524. The van der Waals surface area contributed by atoms with Gasteiger partial charge in [0.05, 0.1) is 0 Å². The molecule has 1 unspecified atom stereocenters. The van der Waals surface area contributed by atoms with Gasteiger partial charge in [-0.2, -0.15) is 5.26 Å². The molecule has 2 heterocycles. The van der Waals surface area contributed by atoms with Gasteiger partial charge in [0.2, 0.25) is 0 Å². The van der Waals surface area contributed by atoms with Gasteiger partial charge in [-0.3, -0.25) is 4.79 Å². The van der Waals surface area contributed by atoms with Gasteiger partial charge in [-0.05, 0) is 43.0 Å². The number of anilines is 1. The molecule has 9 heteroatoms. The summed E-state index contributed by atoms with van der Waals surface area (Å²) in [4.78, 5) is 14.7. The number of ether oxygens (including phenoxy) is 1. The quantitative estimate of drug-likeness (QED) is 0.318. The maximum absolute atomic E-state index is 12.3. The van der Waals surface area contributed by atoms with E-state index in [0.717, 1.165) is 18.8 Å². The molecule has 0 bridgehead atoms. The third kappa shape index (κ3) is 5.16. The lowest BCUT2D eigenvalue weighted by atomic mass is 9.99.